The second kappa shape index (κ2) is 5.94. The zero-order valence-electron chi connectivity index (χ0n) is 11.8. The fourth-order valence-corrected chi connectivity index (χ4v) is 4.23. The summed E-state index contributed by atoms with van der Waals surface area (Å²) in [6, 6.07) is 0. The molecule has 0 amide bonds. The summed E-state index contributed by atoms with van der Waals surface area (Å²) in [5, 5.41) is 11.0. The van der Waals surface area contributed by atoms with Crippen LogP contribution in [0.25, 0.3) is 0 Å². The predicted molar refractivity (Wildman–Crippen MR) is 76.6 cm³/mol. The van der Waals surface area contributed by atoms with Gasteiger partial charge in [-0.1, -0.05) is 38.5 Å². The van der Waals surface area contributed by atoms with Crippen molar-refractivity contribution >= 4 is 5.96 Å². The zero-order valence-corrected chi connectivity index (χ0v) is 11.8. The Kier molecular flexibility index (Phi) is 4.52. The van der Waals surface area contributed by atoms with Gasteiger partial charge >= 0.3 is 0 Å². The number of nitrogens with one attached hydrogen (secondary N) is 2. The summed E-state index contributed by atoms with van der Waals surface area (Å²) in [5.74, 6) is 1.57. The van der Waals surface area contributed by atoms with Crippen LogP contribution in [0.3, 0.4) is 0 Å². The maximum Gasteiger partial charge on any atom is 0.186 e. The molecule has 0 aromatic carbocycles. The van der Waals surface area contributed by atoms with Crippen molar-refractivity contribution in [1.82, 2.24) is 5.32 Å². The summed E-state index contributed by atoms with van der Waals surface area (Å²) in [6.45, 7) is 2.33. The van der Waals surface area contributed by atoms with E-state index in [9.17, 15) is 0 Å². The van der Waals surface area contributed by atoms with E-state index in [1.165, 1.54) is 64.2 Å². The van der Waals surface area contributed by atoms with Crippen molar-refractivity contribution in [2.75, 3.05) is 0 Å². The Bertz CT molecular complexity index is 257. The van der Waals surface area contributed by atoms with E-state index in [1.807, 2.05) is 0 Å². The monoisotopic (exact) mass is 251 g/mol. The Hall–Kier alpha value is -0.730. The molecule has 0 saturated heterocycles. The summed E-state index contributed by atoms with van der Waals surface area (Å²) in [5.41, 5.74) is 5.73. The standard InChI is InChI=1S/C15H29N3/c1-15(18-14(16)17,12-8-4-2-5-9-12)13-10-6-3-7-11-13/h12-13H,2-11H2,1H3,(H4,16,17,18). The highest BCUT2D eigenvalue weighted by Crippen LogP contribution is 2.42. The van der Waals surface area contributed by atoms with E-state index in [4.69, 9.17) is 11.1 Å². The Morgan fingerprint density at radius 2 is 1.33 bits per heavy atom. The van der Waals surface area contributed by atoms with Crippen LogP contribution in [0.5, 0.6) is 0 Å². The third-order valence-electron chi connectivity index (χ3n) is 5.31. The second-order valence-corrected chi connectivity index (χ2v) is 6.49. The summed E-state index contributed by atoms with van der Waals surface area (Å²) >= 11 is 0. The molecular formula is C15H29N3. The van der Waals surface area contributed by atoms with E-state index in [1.54, 1.807) is 0 Å². The van der Waals surface area contributed by atoms with Gasteiger partial charge in [0.15, 0.2) is 5.96 Å². The fraction of sp³-hybridized carbons (Fsp3) is 0.933. The van der Waals surface area contributed by atoms with Crippen molar-refractivity contribution in [2.45, 2.75) is 76.7 Å². The van der Waals surface area contributed by atoms with Gasteiger partial charge in [-0.25, -0.2) is 0 Å². The van der Waals surface area contributed by atoms with E-state index in [0.29, 0.717) is 11.8 Å². The molecule has 2 saturated carbocycles. The fourth-order valence-electron chi connectivity index (χ4n) is 4.23. The van der Waals surface area contributed by atoms with E-state index in [-0.39, 0.29) is 11.5 Å². The number of guanidine groups is 1. The summed E-state index contributed by atoms with van der Waals surface area (Å²) < 4.78 is 0. The van der Waals surface area contributed by atoms with Gasteiger partial charge < -0.3 is 11.1 Å². The quantitative estimate of drug-likeness (QED) is 0.532. The van der Waals surface area contributed by atoms with Crippen LogP contribution in [0.1, 0.15) is 71.1 Å². The van der Waals surface area contributed by atoms with E-state index >= 15 is 0 Å². The molecule has 2 fully saturated rings. The zero-order chi connectivity index (χ0) is 13.0. The Morgan fingerprint density at radius 1 is 0.944 bits per heavy atom. The highest BCUT2D eigenvalue weighted by atomic mass is 15.1. The Balaban J connectivity index is 2.11. The van der Waals surface area contributed by atoms with E-state index in [2.05, 4.69) is 12.2 Å². The molecule has 0 aromatic rings. The molecular weight excluding hydrogens is 222 g/mol. The van der Waals surface area contributed by atoms with E-state index < -0.39 is 0 Å². The van der Waals surface area contributed by atoms with Gasteiger partial charge in [0.1, 0.15) is 0 Å². The molecule has 2 aliphatic carbocycles. The SMILES string of the molecule is CC(NC(=N)N)(C1CCCCC1)C1CCCCC1. The third kappa shape index (κ3) is 2.99. The molecule has 3 nitrogen and oxygen atoms in total. The molecule has 2 aliphatic rings. The lowest BCUT2D eigenvalue weighted by Crippen LogP contribution is -2.59. The molecule has 3 heteroatoms. The van der Waals surface area contributed by atoms with Gasteiger partial charge in [0.25, 0.3) is 0 Å². The van der Waals surface area contributed by atoms with E-state index in [0.717, 1.165) is 0 Å². The lowest BCUT2D eigenvalue weighted by Gasteiger charge is -2.47. The smallest absolute Gasteiger partial charge is 0.186 e. The van der Waals surface area contributed by atoms with Gasteiger partial charge in [-0.2, -0.15) is 0 Å². The third-order valence-corrected chi connectivity index (χ3v) is 5.31. The maximum atomic E-state index is 7.65. The van der Waals surface area contributed by atoms with Crippen molar-refractivity contribution in [3.05, 3.63) is 0 Å². The Labute approximate surface area is 111 Å². The van der Waals surface area contributed by atoms with Crippen LogP contribution >= 0.6 is 0 Å². The largest absolute Gasteiger partial charge is 0.370 e. The molecule has 0 aliphatic heterocycles. The predicted octanol–water partition coefficient (Wildman–Crippen LogP) is 3.39. The topological polar surface area (TPSA) is 61.9 Å². The van der Waals surface area contributed by atoms with Gasteiger partial charge in [0.05, 0.1) is 0 Å². The number of hydrogen-bond acceptors (Lipinski definition) is 1. The van der Waals surface area contributed by atoms with Crippen LogP contribution in [-0.2, 0) is 0 Å². The van der Waals surface area contributed by atoms with Crippen molar-refractivity contribution in [2.24, 2.45) is 17.6 Å². The van der Waals surface area contributed by atoms with Gasteiger partial charge in [-0.15, -0.1) is 0 Å². The van der Waals surface area contributed by atoms with Gasteiger partial charge in [0.2, 0.25) is 0 Å². The highest BCUT2D eigenvalue weighted by Gasteiger charge is 2.42. The molecule has 0 aromatic heterocycles. The minimum absolute atomic E-state index is 0.0622. The minimum atomic E-state index is 0.0622. The number of rotatable bonds is 3. The van der Waals surface area contributed by atoms with Crippen molar-refractivity contribution in [1.29, 1.82) is 5.41 Å². The molecule has 0 radical (unpaired) electrons. The maximum absolute atomic E-state index is 7.65. The summed E-state index contributed by atoms with van der Waals surface area (Å²) in [4.78, 5) is 0. The molecule has 4 N–H and O–H groups in total. The number of nitrogens with two attached hydrogens (primary N) is 1. The number of hydrogen-bond donors (Lipinski definition) is 3. The summed E-state index contributed by atoms with van der Waals surface area (Å²) in [7, 11) is 0. The molecule has 0 atom stereocenters. The van der Waals surface area contributed by atoms with Crippen LogP contribution in [0.2, 0.25) is 0 Å². The minimum Gasteiger partial charge on any atom is -0.370 e. The summed E-state index contributed by atoms with van der Waals surface area (Å²) in [6.07, 6.45) is 13.4. The van der Waals surface area contributed by atoms with Crippen LogP contribution in [-0.4, -0.2) is 11.5 Å². The first-order valence-corrected chi connectivity index (χ1v) is 7.75. The molecule has 18 heavy (non-hydrogen) atoms. The first-order chi connectivity index (χ1) is 8.63. The molecule has 2 rings (SSSR count). The lowest BCUT2D eigenvalue weighted by atomic mass is 9.65. The second-order valence-electron chi connectivity index (χ2n) is 6.49. The van der Waals surface area contributed by atoms with Gasteiger partial charge in [0, 0.05) is 5.54 Å². The van der Waals surface area contributed by atoms with Crippen LogP contribution in [0.15, 0.2) is 0 Å². The van der Waals surface area contributed by atoms with Crippen molar-refractivity contribution in [3.63, 3.8) is 0 Å². The van der Waals surface area contributed by atoms with Gasteiger partial charge in [-0.05, 0) is 44.4 Å². The lowest BCUT2D eigenvalue weighted by molar-refractivity contribution is 0.102. The molecule has 104 valence electrons. The molecule has 0 heterocycles. The van der Waals surface area contributed by atoms with Crippen LogP contribution in [0.4, 0.5) is 0 Å². The van der Waals surface area contributed by atoms with Crippen LogP contribution in [0, 0.1) is 17.2 Å². The molecule has 0 bridgehead atoms. The normalized spacial score (nSPS) is 23.8. The van der Waals surface area contributed by atoms with Crippen molar-refractivity contribution in [3.8, 4) is 0 Å². The molecule has 0 spiro atoms. The molecule has 0 unspecified atom stereocenters. The average molecular weight is 251 g/mol. The van der Waals surface area contributed by atoms with Crippen LogP contribution < -0.4 is 11.1 Å². The highest BCUT2D eigenvalue weighted by molar-refractivity contribution is 5.75. The average Bonchev–Trinajstić information content (AvgIpc) is 2.40. The van der Waals surface area contributed by atoms with Crippen molar-refractivity contribution < 1.29 is 0 Å². The van der Waals surface area contributed by atoms with Gasteiger partial charge in [-0.3, -0.25) is 5.41 Å². The first-order valence-electron chi connectivity index (χ1n) is 7.75. The Morgan fingerprint density at radius 3 is 1.67 bits per heavy atom. The first kappa shape index (κ1) is 13.7.